The Labute approximate surface area is 153 Å². The summed E-state index contributed by atoms with van der Waals surface area (Å²) >= 11 is 0. The number of hydrogen-bond acceptors (Lipinski definition) is 2. The second kappa shape index (κ2) is 9.93. The zero-order chi connectivity index (χ0) is 18.1. The van der Waals surface area contributed by atoms with E-state index in [-0.39, 0.29) is 0 Å². The highest BCUT2D eigenvalue weighted by atomic mass is 15.2. The van der Waals surface area contributed by atoms with E-state index < -0.39 is 0 Å². The first-order valence-electron chi connectivity index (χ1n) is 9.51. The molecule has 0 saturated heterocycles. The van der Waals surface area contributed by atoms with Gasteiger partial charge < -0.3 is 10.2 Å². The molecule has 25 heavy (non-hydrogen) atoms. The zero-order valence-corrected chi connectivity index (χ0v) is 16.1. The van der Waals surface area contributed by atoms with Gasteiger partial charge in [0.2, 0.25) is 0 Å². The van der Waals surface area contributed by atoms with Crippen LogP contribution in [0.15, 0.2) is 66.5 Å². The summed E-state index contributed by atoms with van der Waals surface area (Å²) in [6.45, 7) is 6.63. The maximum atomic E-state index is 3.59. The number of nitrogens with one attached hydrogen (secondary N) is 1. The van der Waals surface area contributed by atoms with Crippen LogP contribution >= 0.6 is 0 Å². The fourth-order valence-electron chi connectivity index (χ4n) is 3.28. The third kappa shape index (κ3) is 5.38. The lowest BCUT2D eigenvalue weighted by atomic mass is 10.0. The molecule has 0 atom stereocenters. The van der Waals surface area contributed by atoms with Crippen LogP contribution in [-0.4, -0.2) is 18.0 Å². The molecule has 0 radical (unpaired) electrons. The summed E-state index contributed by atoms with van der Waals surface area (Å²) in [5.41, 5.74) is 3.63. The smallest absolute Gasteiger partial charge is 0.101 e. The maximum absolute atomic E-state index is 3.59. The van der Waals surface area contributed by atoms with Crippen molar-refractivity contribution in [2.45, 2.75) is 52.5 Å². The van der Waals surface area contributed by atoms with E-state index in [1.807, 2.05) is 0 Å². The Bertz CT molecular complexity index is 638. The van der Waals surface area contributed by atoms with Crippen LogP contribution in [-0.2, 0) is 0 Å². The van der Waals surface area contributed by atoms with Crippen LogP contribution in [0, 0.1) is 0 Å². The summed E-state index contributed by atoms with van der Waals surface area (Å²) in [4.78, 5) is 2.40. The van der Waals surface area contributed by atoms with Crippen molar-refractivity contribution in [3.05, 3.63) is 66.5 Å². The van der Waals surface area contributed by atoms with Crippen molar-refractivity contribution in [3.8, 4) is 11.1 Å². The number of hydrogen-bond donors (Lipinski definition) is 1. The molecule has 0 aliphatic heterocycles. The Kier molecular flexibility index (Phi) is 7.59. The van der Waals surface area contributed by atoms with Gasteiger partial charge in [-0.2, -0.15) is 0 Å². The molecule has 2 aromatic rings. The predicted molar refractivity (Wildman–Crippen MR) is 111 cm³/mol. The maximum Gasteiger partial charge on any atom is 0.101 e. The van der Waals surface area contributed by atoms with E-state index >= 15 is 0 Å². The van der Waals surface area contributed by atoms with Gasteiger partial charge in [0.15, 0.2) is 0 Å². The molecule has 0 aliphatic carbocycles. The van der Waals surface area contributed by atoms with Crippen molar-refractivity contribution in [3.63, 3.8) is 0 Å². The molecule has 0 bridgehead atoms. The van der Waals surface area contributed by atoms with Crippen LogP contribution in [0.1, 0.15) is 46.5 Å². The van der Waals surface area contributed by atoms with E-state index in [1.165, 1.54) is 42.6 Å². The molecule has 2 nitrogen and oxygen atoms in total. The minimum Gasteiger partial charge on any atom is -0.359 e. The number of anilines is 1. The largest absolute Gasteiger partial charge is 0.359 e. The molecule has 0 unspecified atom stereocenters. The zero-order valence-electron chi connectivity index (χ0n) is 16.1. The fraction of sp³-hybridized carbons (Fsp3) is 0.391. The van der Waals surface area contributed by atoms with Gasteiger partial charge in [0, 0.05) is 18.8 Å². The van der Waals surface area contributed by atoms with E-state index in [0.717, 1.165) is 5.69 Å². The van der Waals surface area contributed by atoms with Crippen LogP contribution in [0.25, 0.3) is 11.1 Å². The lowest BCUT2D eigenvalue weighted by Crippen LogP contribution is -2.33. The quantitative estimate of drug-likeness (QED) is 0.560. The van der Waals surface area contributed by atoms with Crippen molar-refractivity contribution in [2.75, 3.05) is 12.4 Å². The van der Waals surface area contributed by atoms with Gasteiger partial charge in [0.25, 0.3) is 0 Å². The molecular formula is C23H32N2. The van der Waals surface area contributed by atoms with Crippen LogP contribution in [0.4, 0.5) is 5.69 Å². The summed E-state index contributed by atoms with van der Waals surface area (Å²) < 4.78 is 0. The molecule has 0 aliphatic rings. The minimum atomic E-state index is 0.595. The van der Waals surface area contributed by atoms with E-state index in [9.17, 15) is 0 Å². The summed E-state index contributed by atoms with van der Waals surface area (Å²) in [5, 5.41) is 3.59. The second-order valence-electron chi connectivity index (χ2n) is 6.58. The summed E-state index contributed by atoms with van der Waals surface area (Å²) in [7, 11) is 2.21. The fourth-order valence-corrected chi connectivity index (χ4v) is 3.28. The van der Waals surface area contributed by atoms with Crippen LogP contribution in [0.3, 0.4) is 0 Å². The summed E-state index contributed by atoms with van der Waals surface area (Å²) in [6.07, 6.45) is 7.07. The van der Waals surface area contributed by atoms with Gasteiger partial charge in [-0.25, -0.2) is 0 Å². The molecule has 2 rings (SSSR count). The van der Waals surface area contributed by atoms with Gasteiger partial charge in [-0.3, -0.25) is 0 Å². The number of rotatable bonds is 9. The molecule has 0 amide bonds. The molecule has 0 aromatic heterocycles. The Morgan fingerprint density at radius 3 is 2.00 bits per heavy atom. The van der Waals surface area contributed by atoms with Gasteiger partial charge in [0.05, 0.1) is 0 Å². The van der Waals surface area contributed by atoms with E-state index in [0.29, 0.717) is 6.04 Å². The van der Waals surface area contributed by atoms with Gasteiger partial charge >= 0.3 is 0 Å². The molecular weight excluding hydrogens is 304 g/mol. The molecule has 134 valence electrons. The molecule has 0 saturated carbocycles. The molecule has 0 fully saturated rings. The summed E-state index contributed by atoms with van der Waals surface area (Å²) in [6, 6.07) is 19.8. The topological polar surface area (TPSA) is 15.3 Å². The molecule has 2 heteroatoms. The monoisotopic (exact) mass is 336 g/mol. The van der Waals surface area contributed by atoms with Gasteiger partial charge in [-0.1, -0.05) is 69.2 Å². The Morgan fingerprint density at radius 2 is 1.48 bits per heavy atom. The predicted octanol–water partition coefficient (Wildman–Crippen LogP) is 6.53. The van der Waals surface area contributed by atoms with Crippen LogP contribution in [0.2, 0.25) is 0 Å². The average molecular weight is 337 g/mol. The Hall–Kier alpha value is -2.22. The molecule has 0 heterocycles. The van der Waals surface area contributed by atoms with Gasteiger partial charge in [-0.05, 0) is 49.1 Å². The Balaban J connectivity index is 2.08. The van der Waals surface area contributed by atoms with Crippen LogP contribution < -0.4 is 5.32 Å². The van der Waals surface area contributed by atoms with Crippen molar-refractivity contribution >= 4 is 5.69 Å². The lowest BCUT2D eigenvalue weighted by molar-refractivity contribution is 0.271. The summed E-state index contributed by atoms with van der Waals surface area (Å²) in [5.74, 6) is 1.18. The number of benzene rings is 2. The van der Waals surface area contributed by atoms with E-state index in [4.69, 9.17) is 0 Å². The first-order valence-corrected chi connectivity index (χ1v) is 9.51. The first kappa shape index (κ1) is 19.1. The third-order valence-corrected chi connectivity index (χ3v) is 4.71. The normalized spacial score (nSPS) is 11.6. The highest BCUT2D eigenvalue weighted by Crippen LogP contribution is 2.23. The molecule has 2 aromatic carbocycles. The highest BCUT2D eigenvalue weighted by Gasteiger charge is 2.15. The average Bonchev–Trinajstić information content (AvgIpc) is 2.66. The van der Waals surface area contributed by atoms with Crippen molar-refractivity contribution in [2.24, 2.45) is 0 Å². The van der Waals surface area contributed by atoms with Crippen molar-refractivity contribution < 1.29 is 0 Å². The number of nitrogens with zero attached hydrogens (tertiary/aromatic N) is 1. The Morgan fingerprint density at radius 1 is 0.920 bits per heavy atom. The first-order chi connectivity index (χ1) is 12.2. The van der Waals surface area contributed by atoms with Crippen molar-refractivity contribution in [1.29, 1.82) is 0 Å². The molecule has 1 N–H and O–H groups in total. The highest BCUT2D eigenvalue weighted by molar-refractivity contribution is 5.66. The lowest BCUT2D eigenvalue weighted by Gasteiger charge is -2.32. The van der Waals surface area contributed by atoms with Gasteiger partial charge in [-0.15, -0.1) is 0 Å². The van der Waals surface area contributed by atoms with Crippen LogP contribution in [0.5, 0.6) is 0 Å². The van der Waals surface area contributed by atoms with E-state index in [1.54, 1.807) is 0 Å². The number of allylic oxidation sites excluding steroid dienone is 1. The van der Waals surface area contributed by atoms with Crippen molar-refractivity contribution in [1.82, 2.24) is 4.90 Å². The van der Waals surface area contributed by atoms with Gasteiger partial charge in [0.1, 0.15) is 5.82 Å². The van der Waals surface area contributed by atoms with E-state index in [2.05, 4.69) is 98.7 Å². The third-order valence-electron chi connectivity index (χ3n) is 4.71. The second-order valence-corrected chi connectivity index (χ2v) is 6.58. The minimum absolute atomic E-state index is 0.595. The molecule has 0 spiro atoms. The SMILES string of the molecule is C/C=C(/Nc1ccc(-c2ccccc2)cc1)N(C)C(CCC)CCC. The standard InChI is InChI=1S/C23H32N2/c1-5-11-22(12-6-2)25(4)23(7-3)24-21-17-15-20(16-18-21)19-13-9-8-10-14-19/h7-10,13-18,22,24H,5-6,11-12H2,1-4H3/b23-7-.